The minimum Gasteiger partial charge on any atom is -0.435 e. The van der Waals surface area contributed by atoms with Gasteiger partial charge in [-0.15, -0.1) is 0 Å². The first-order valence-electron chi connectivity index (χ1n) is 4.35. The van der Waals surface area contributed by atoms with E-state index in [0.717, 1.165) is 6.20 Å². The maximum Gasteiger partial charge on any atom is 0.256 e. The summed E-state index contributed by atoms with van der Waals surface area (Å²) in [5.41, 5.74) is 5.36. The molecule has 0 fully saturated rings. The van der Waals surface area contributed by atoms with Crippen molar-refractivity contribution < 1.29 is 13.5 Å². The summed E-state index contributed by atoms with van der Waals surface area (Å²) in [5, 5.41) is 0. The Morgan fingerprint density at radius 2 is 1.94 bits per heavy atom. The summed E-state index contributed by atoms with van der Waals surface area (Å²) >= 11 is 0. The van der Waals surface area contributed by atoms with Crippen molar-refractivity contribution in [2.75, 3.05) is 5.73 Å². The molecular weight excluding hydrogens is 216 g/mol. The highest BCUT2D eigenvalue weighted by atomic mass is 19.1. The van der Waals surface area contributed by atoms with Crippen molar-refractivity contribution in [3.05, 3.63) is 42.2 Å². The van der Waals surface area contributed by atoms with Gasteiger partial charge in [0.05, 0.1) is 12.4 Å². The van der Waals surface area contributed by atoms with Gasteiger partial charge >= 0.3 is 0 Å². The van der Waals surface area contributed by atoms with Crippen LogP contribution in [0.4, 0.5) is 14.6 Å². The third kappa shape index (κ3) is 2.22. The molecule has 0 saturated heterocycles. The standard InChI is InChI=1S/C10H7F2N3O/c11-6-3-8(12)10(15-4-6)16-7-1-2-9(13)14-5-7/h1-5H,(H2,13,14). The quantitative estimate of drug-likeness (QED) is 0.847. The van der Waals surface area contributed by atoms with E-state index in [1.54, 1.807) is 0 Å². The molecule has 16 heavy (non-hydrogen) atoms. The fourth-order valence-electron chi connectivity index (χ4n) is 1.04. The summed E-state index contributed by atoms with van der Waals surface area (Å²) in [7, 11) is 0. The fraction of sp³-hybridized carbons (Fsp3) is 0. The molecule has 2 N–H and O–H groups in total. The van der Waals surface area contributed by atoms with Crippen molar-refractivity contribution in [1.82, 2.24) is 9.97 Å². The van der Waals surface area contributed by atoms with Gasteiger partial charge in [-0.1, -0.05) is 0 Å². The molecule has 0 aliphatic carbocycles. The first-order chi connectivity index (χ1) is 7.65. The second-order valence-electron chi connectivity index (χ2n) is 2.96. The van der Waals surface area contributed by atoms with Gasteiger partial charge in [-0.2, -0.15) is 0 Å². The van der Waals surface area contributed by atoms with E-state index in [4.69, 9.17) is 10.5 Å². The molecule has 0 aliphatic rings. The molecule has 4 nitrogen and oxygen atoms in total. The van der Waals surface area contributed by atoms with Crippen LogP contribution in [0.15, 0.2) is 30.6 Å². The minimum atomic E-state index is -0.878. The topological polar surface area (TPSA) is 61.0 Å². The molecule has 0 aliphatic heterocycles. The first-order valence-corrected chi connectivity index (χ1v) is 4.35. The summed E-state index contributed by atoms with van der Waals surface area (Å²) in [5.74, 6) is -1.36. The molecule has 0 aromatic carbocycles. The van der Waals surface area contributed by atoms with Crippen LogP contribution in [0.5, 0.6) is 11.6 Å². The molecule has 6 heteroatoms. The Kier molecular flexibility index (Phi) is 2.63. The Balaban J connectivity index is 2.23. The van der Waals surface area contributed by atoms with Crippen molar-refractivity contribution in [1.29, 1.82) is 0 Å². The number of nitrogen functional groups attached to an aromatic ring is 1. The van der Waals surface area contributed by atoms with Gasteiger partial charge in [0.15, 0.2) is 5.82 Å². The van der Waals surface area contributed by atoms with Crippen LogP contribution < -0.4 is 10.5 Å². The molecule has 0 saturated carbocycles. The number of halogens is 2. The van der Waals surface area contributed by atoms with Gasteiger partial charge in [0.25, 0.3) is 5.88 Å². The molecule has 0 spiro atoms. The monoisotopic (exact) mass is 223 g/mol. The Morgan fingerprint density at radius 3 is 2.56 bits per heavy atom. The van der Waals surface area contributed by atoms with E-state index in [0.29, 0.717) is 11.9 Å². The molecule has 0 bridgehead atoms. The van der Waals surface area contributed by atoms with Gasteiger partial charge in [0.1, 0.15) is 17.4 Å². The van der Waals surface area contributed by atoms with Crippen molar-refractivity contribution in [3.8, 4) is 11.6 Å². The van der Waals surface area contributed by atoms with Crippen LogP contribution in [-0.4, -0.2) is 9.97 Å². The van der Waals surface area contributed by atoms with Crippen LogP contribution in [0.3, 0.4) is 0 Å². The van der Waals surface area contributed by atoms with E-state index in [1.165, 1.54) is 18.3 Å². The molecular formula is C10H7F2N3O. The summed E-state index contributed by atoms with van der Waals surface area (Å²) in [6.45, 7) is 0. The SMILES string of the molecule is Nc1ccc(Oc2ncc(F)cc2F)cn1. The van der Waals surface area contributed by atoms with Crippen molar-refractivity contribution in [2.45, 2.75) is 0 Å². The maximum atomic E-state index is 13.1. The first kappa shape index (κ1) is 10.3. The predicted molar refractivity (Wildman–Crippen MR) is 52.9 cm³/mol. The van der Waals surface area contributed by atoms with E-state index in [2.05, 4.69) is 9.97 Å². The van der Waals surface area contributed by atoms with Crippen molar-refractivity contribution >= 4 is 5.82 Å². The smallest absolute Gasteiger partial charge is 0.256 e. The zero-order chi connectivity index (χ0) is 11.5. The average molecular weight is 223 g/mol. The largest absolute Gasteiger partial charge is 0.435 e. The summed E-state index contributed by atoms with van der Waals surface area (Å²) in [4.78, 5) is 7.22. The van der Waals surface area contributed by atoms with Crippen LogP contribution in [0.25, 0.3) is 0 Å². The maximum absolute atomic E-state index is 13.1. The fourth-order valence-corrected chi connectivity index (χ4v) is 1.04. The van der Waals surface area contributed by atoms with E-state index < -0.39 is 11.6 Å². The van der Waals surface area contributed by atoms with Gasteiger partial charge < -0.3 is 10.5 Å². The van der Waals surface area contributed by atoms with Crippen LogP contribution in [0.2, 0.25) is 0 Å². The Morgan fingerprint density at radius 1 is 1.12 bits per heavy atom. The van der Waals surface area contributed by atoms with Crippen LogP contribution in [-0.2, 0) is 0 Å². The van der Waals surface area contributed by atoms with E-state index in [9.17, 15) is 8.78 Å². The third-order valence-corrected chi connectivity index (χ3v) is 1.75. The molecule has 0 atom stereocenters. The molecule has 82 valence electrons. The number of nitrogens with zero attached hydrogens (tertiary/aromatic N) is 2. The number of nitrogens with two attached hydrogens (primary N) is 1. The summed E-state index contributed by atoms with van der Waals surface area (Å²) in [6.07, 6.45) is 2.18. The average Bonchev–Trinajstić information content (AvgIpc) is 2.25. The normalized spacial score (nSPS) is 10.1. The highest BCUT2D eigenvalue weighted by Crippen LogP contribution is 2.21. The Labute approximate surface area is 89.7 Å². The zero-order valence-electron chi connectivity index (χ0n) is 8.02. The molecule has 2 rings (SSSR count). The van der Waals surface area contributed by atoms with Crippen LogP contribution in [0, 0.1) is 11.6 Å². The van der Waals surface area contributed by atoms with Crippen LogP contribution >= 0.6 is 0 Å². The number of hydrogen-bond donors (Lipinski definition) is 1. The highest BCUT2D eigenvalue weighted by Gasteiger charge is 2.07. The van der Waals surface area contributed by atoms with Gasteiger partial charge in [-0.3, -0.25) is 0 Å². The molecule has 0 unspecified atom stereocenters. The molecule has 0 amide bonds. The van der Waals surface area contributed by atoms with Crippen molar-refractivity contribution in [2.24, 2.45) is 0 Å². The van der Waals surface area contributed by atoms with Gasteiger partial charge in [0.2, 0.25) is 0 Å². The predicted octanol–water partition coefficient (Wildman–Crippen LogP) is 2.13. The number of anilines is 1. The van der Waals surface area contributed by atoms with E-state index >= 15 is 0 Å². The Hall–Kier alpha value is -2.24. The van der Waals surface area contributed by atoms with E-state index in [1.807, 2.05) is 0 Å². The Bertz CT molecular complexity index is 502. The minimum absolute atomic E-state index is 0.271. The number of hydrogen-bond acceptors (Lipinski definition) is 4. The zero-order valence-corrected chi connectivity index (χ0v) is 8.02. The number of aromatic nitrogens is 2. The molecule has 2 heterocycles. The molecule has 2 aromatic heterocycles. The number of pyridine rings is 2. The molecule has 2 aromatic rings. The van der Waals surface area contributed by atoms with Crippen molar-refractivity contribution in [3.63, 3.8) is 0 Å². The van der Waals surface area contributed by atoms with Gasteiger partial charge in [-0.05, 0) is 12.1 Å². The van der Waals surface area contributed by atoms with Crippen LogP contribution in [0.1, 0.15) is 0 Å². The van der Waals surface area contributed by atoms with Gasteiger partial charge in [0, 0.05) is 6.07 Å². The molecule has 0 radical (unpaired) electrons. The number of rotatable bonds is 2. The summed E-state index contributed by atoms with van der Waals surface area (Å²) in [6, 6.07) is 3.69. The lowest BCUT2D eigenvalue weighted by atomic mass is 10.4. The lowest BCUT2D eigenvalue weighted by Gasteiger charge is -2.04. The summed E-state index contributed by atoms with van der Waals surface area (Å²) < 4.78 is 30.7. The van der Waals surface area contributed by atoms with Gasteiger partial charge in [-0.25, -0.2) is 18.7 Å². The highest BCUT2D eigenvalue weighted by molar-refractivity contribution is 5.34. The van der Waals surface area contributed by atoms with E-state index in [-0.39, 0.29) is 11.6 Å². The second-order valence-corrected chi connectivity index (χ2v) is 2.96. The second kappa shape index (κ2) is 4.09. The third-order valence-electron chi connectivity index (χ3n) is 1.75. The lowest BCUT2D eigenvalue weighted by Crippen LogP contribution is -1.94. The lowest BCUT2D eigenvalue weighted by molar-refractivity contribution is 0.415. The number of ether oxygens (including phenoxy) is 1.